The topological polar surface area (TPSA) is 41.6 Å². The lowest BCUT2D eigenvalue weighted by Crippen LogP contribution is -2.33. The second-order valence-electron chi connectivity index (χ2n) is 4.99. The summed E-state index contributed by atoms with van der Waals surface area (Å²) in [6, 6.07) is 4.14. The summed E-state index contributed by atoms with van der Waals surface area (Å²) < 4.78 is 5.07. The van der Waals surface area contributed by atoms with Crippen LogP contribution in [0.5, 0.6) is 0 Å². The minimum Gasteiger partial charge on any atom is -0.385 e. The molecule has 0 radical (unpaired) electrons. The summed E-state index contributed by atoms with van der Waals surface area (Å²) in [5.41, 5.74) is -0.234. The van der Waals surface area contributed by atoms with Crippen LogP contribution in [0.4, 0.5) is 0 Å². The summed E-state index contributed by atoms with van der Waals surface area (Å²) >= 11 is 1.71. The Bertz CT molecular complexity index is 428. The van der Waals surface area contributed by atoms with Crippen molar-refractivity contribution in [3.63, 3.8) is 0 Å². The van der Waals surface area contributed by atoms with E-state index in [1.54, 1.807) is 18.4 Å². The molecule has 1 saturated heterocycles. The quantitative estimate of drug-likeness (QED) is 0.826. The number of carbonyl (C=O) groups excluding carboxylic acids is 1. The molecule has 2 fully saturated rings. The van der Waals surface area contributed by atoms with Gasteiger partial charge < -0.3 is 9.64 Å². The lowest BCUT2D eigenvalue weighted by Gasteiger charge is -2.23. The maximum absolute atomic E-state index is 12.4. The molecule has 1 aromatic heterocycles. The van der Waals surface area contributed by atoms with Crippen molar-refractivity contribution in [2.24, 2.45) is 0 Å². The number of amides is 1. The monoisotopic (exact) mass is 266 g/mol. The van der Waals surface area contributed by atoms with Gasteiger partial charge in [0.2, 0.25) is 5.91 Å². The van der Waals surface area contributed by atoms with Crippen molar-refractivity contribution in [1.29, 1.82) is 0 Å². The first kappa shape index (κ1) is 12.1. The standard InChI is InChI=1S/C13H18N2O2S/c1-17-8-3-7-15-11(10-4-2-9-18-10)14-13(5-6-13)12(15)16/h2,4,9,11,14H,3,5-8H2,1H3. The van der Waals surface area contributed by atoms with Gasteiger partial charge in [0, 0.05) is 25.1 Å². The third-order valence-corrected chi connectivity index (χ3v) is 4.63. The Kier molecular flexibility index (Phi) is 3.13. The van der Waals surface area contributed by atoms with Crippen LogP contribution in [-0.4, -0.2) is 36.6 Å². The molecule has 4 nitrogen and oxygen atoms in total. The first-order valence-electron chi connectivity index (χ1n) is 6.38. The smallest absolute Gasteiger partial charge is 0.244 e. The zero-order valence-corrected chi connectivity index (χ0v) is 11.3. The number of hydrogen-bond acceptors (Lipinski definition) is 4. The van der Waals surface area contributed by atoms with Gasteiger partial charge in [-0.15, -0.1) is 11.3 Å². The molecule has 1 N–H and O–H groups in total. The molecule has 18 heavy (non-hydrogen) atoms. The first-order valence-corrected chi connectivity index (χ1v) is 7.26. The van der Waals surface area contributed by atoms with Gasteiger partial charge in [-0.05, 0) is 30.7 Å². The average Bonchev–Trinajstić information content (AvgIpc) is 2.85. The van der Waals surface area contributed by atoms with Gasteiger partial charge >= 0.3 is 0 Å². The molecular formula is C13H18N2O2S. The fourth-order valence-electron chi connectivity index (χ4n) is 2.56. The highest BCUT2D eigenvalue weighted by molar-refractivity contribution is 7.10. The highest BCUT2D eigenvalue weighted by Gasteiger charge is 2.59. The minimum atomic E-state index is -0.234. The van der Waals surface area contributed by atoms with E-state index in [1.807, 2.05) is 11.0 Å². The molecule has 1 aromatic rings. The Labute approximate surface area is 111 Å². The largest absolute Gasteiger partial charge is 0.385 e. The fraction of sp³-hybridized carbons (Fsp3) is 0.615. The maximum Gasteiger partial charge on any atom is 0.244 e. The second kappa shape index (κ2) is 4.64. The molecule has 98 valence electrons. The van der Waals surface area contributed by atoms with Crippen molar-refractivity contribution < 1.29 is 9.53 Å². The molecule has 1 unspecified atom stereocenters. The molecule has 2 heterocycles. The van der Waals surface area contributed by atoms with Crippen molar-refractivity contribution in [1.82, 2.24) is 10.2 Å². The van der Waals surface area contributed by atoms with E-state index in [9.17, 15) is 4.79 Å². The van der Waals surface area contributed by atoms with E-state index < -0.39 is 0 Å². The number of methoxy groups -OCH3 is 1. The zero-order chi connectivity index (χ0) is 12.6. The second-order valence-corrected chi connectivity index (χ2v) is 5.97. The normalized spacial score (nSPS) is 25.1. The van der Waals surface area contributed by atoms with Crippen LogP contribution in [-0.2, 0) is 9.53 Å². The van der Waals surface area contributed by atoms with Crippen molar-refractivity contribution in [3.05, 3.63) is 22.4 Å². The van der Waals surface area contributed by atoms with Gasteiger partial charge in [0.05, 0.1) is 0 Å². The van der Waals surface area contributed by atoms with Crippen molar-refractivity contribution in [2.75, 3.05) is 20.3 Å². The maximum atomic E-state index is 12.4. The van der Waals surface area contributed by atoms with Crippen LogP contribution in [0.3, 0.4) is 0 Å². The zero-order valence-electron chi connectivity index (χ0n) is 10.5. The van der Waals surface area contributed by atoms with Crippen LogP contribution in [0, 0.1) is 0 Å². The van der Waals surface area contributed by atoms with Crippen LogP contribution in [0.2, 0.25) is 0 Å². The molecule has 3 rings (SSSR count). The summed E-state index contributed by atoms with van der Waals surface area (Å²) in [5.74, 6) is 0.275. The molecule has 0 aromatic carbocycles. The Hall–Kier alpha value is -0.910. The van der Waals surface area contributed by atoms with E-state index in [0.717, 1.165) is 25.8 Å². The molecule has 1 saturated carbocycles. The van der Waals surface area contributed by atoms with E-state index in [2.05, 4.69) is 16.8 Å². The fourth-order valence-corrected chi connectivity index (χ4v) is 3.34. The summed E-state index contributed by atoms with van der Waals surface area (Å²) in [4.78, 5) is 15.6. The number of nitrogens with zero attached hydrogens (tertiary/aromatic N) is 1. The van der Waals surface area contributed by atoms with E-state index in [0.29, 0.717) is 6.61 Å². The van der Waals surface area contributed by atoms with Crippen LogP contribution < -0.4 is 5.32 Å². The van der Waals surface area contributed by atoms with Gasteiger partial charge in [0.15, 0.2) is 0 Å². The van der Waals surface area contributed by atoms with E-state index in [4.69, 9.17) is 4.74 Å². The van der Waals surface area contributed by atoms with Crippen molar-refractivity contribution in [3.8, 4) is 0 Å². The number of ether oxygens (including phenoxy) is 1. The van der Waals surface area contributed by atoms with Gasteiger partial charge in [-0.1, -0.05) is 6.07 Å². The van der Waals surface area contributed by atoms with Gasteiger partial charge in [-0.25, -0.2) is 0 Å². The number of nitrogens with one attached hydrogen (secondary N) is 1. The molecule has 1 aliphatic heterocycles. The van der Waals surface area contributed by atoms with Gasteiger partial charge in [-0.2, -0.15) is 0 Å². The number of thiophene rings is 1. The molecule has 1 amide bonds. The lowest BCUT2D eigenvalue weighted by atomic mass is 10.2. The van der Waals surface area contributed by atoms with Crippen LogP contribution in [0.1, 0.15) is 30.3 Å². The van der Waals surface area contributed by atoms with E-state index in [1.165, 1.54) is 4.88 Å². The third kappa shape index (κ3) is 1.96. The average molecular weight is 266 g/mol. The lowest BCUT2D eigenvalue weighted by molar-refractivity contribution is -0.131. The highest BCUT2D eigenvalue weighted by atomic mass is 32.1. The Morgan fingerprint density at radius 1 is 1.61 bits per heavy atom. The molecular weight excluding hydrogens is 248 g/mol. The Balaban J connectivity index is 1.76. The summed E-state index contributed by atoms with van der Waals surface area (Å²) in [7, 11) is 1.70. The van der Waals surface area contributed by atoms with Crippen LogP contribution >= 0.6 is 11.3 Å². The van der Waals surface area contributed by atoms with Gasteiger partial charge in [0.1, 0.15) is 11.7 Å². The Morgan fingerprint density at radius 3 is 3.06 bits per heavy atom. The molecule has 1 spiro atoms. The number of hydrogen-bond donors (Lipinski definition) is 1. The predicted molar refractivity (Wildman–Crippen MR) is 70.4 cm³/mol. The predicted octanol–water partition coefficient (Wildman–Crippen LogP) is 1.75. The SMILES string of the molecule is COCCCN1C(=O)C2(CC2)NC1c1cccs1. The molecule has 1 aliphatic carbocycles. The van der Waals surface area contributed by atoms with Crippen molar-refractivity contribution in [2.45, 2.75) is 31.0 Å². The van der Waals surface area contributed by atoms with Gasteiger partial charge in [0.25, 0.3) is 0 Å². The summed E-state index contributed by atoms with van der Waals surface area (Å²) in [6.45, 7) is 1.47. The highest BCUT2D eigenvalue weighted by Crippen LogP contribution is 2.46. The molecule has 0 bridgehead atoms. The van der Waals surface area contributed by atoms with E-state index in [-0.39, 0.29) is 17.6 Å². The van der Waals surface area contributed by atoms with Gasteiger partial charge in [-0.3, -0.25) is 10.1 Å². The third-order valence-electron chi connectivity index (χ3n) is 3.71. The molecule has 5 heteroatoms. The number of carbonyl (C=O) groups is 1. The molecule has 1 atom stereocenters. The van der Waals surface area contributed by atoms with E-state index >= 15 is 0 Å². The van der Waals surface area contributed by atoms with Crippen molar-refractivity contribution >= 4 is 17.2 Å². The molecule has 2 aliphatic rings. The van der Waals surface area contributed by atoms with Crippen LogP contribution in [0.15, 0.2) is 17.5 Å². The first-order chi connectivity index (χ1) is 8.77. The summed E-state index contributed by atoms with van der Waals surface area (Å²) in [5, 5.41) is 5.58. The Morgan fingerprint density at radius 2 is 2.44 bits per heavy atom. The number of rotatable bonds is 5. The minimum absolute atomic E-state index is 0.0665. The van der Waals surface area contributed by atoms with Crippen LogP contribution in [0.25, 0.3) is 0 Å². The summed E-state index contributed by atoms with van der Waals surface area (Å²) in [6.07, 6.45) is 2.92.